The van der Waals surface area contributed by atoms with Gasteiger partial charge in [-0.1, -0.05) is 6.07 Å². The summed E-state index contributed by atoms with van der Waals surface area (Å²) in [7, 11) is 1.60. The molecule has 25 heavy (non-hydrogen) atoms. The highest BCUT2D eigenvalue weighted by Crippen LogP contribution is 2.26. The molecular weight excluding hydrogens is 320 g/mol. The van der Waals surface area contributed by atoms with Crippen LogP contribution in [0.15, 0.2) is 36.4 Å². The number of nitrogens with zero attached hydrogens (tertiary/aromatic N) is 1. The predicted molar refractivity (Wildman–Crippen MR) is 98.0 cm³/mol. The number of hydrogen-bond donors (Lipinski definition) is 1. The van der Waals surface area contributed by atoms with Gasteiger partial charge in [0.05, 0.1) is 12.0 Å². The van der Waals surface area contributed by atoms with Crippen LogP contribution in [0.3, 0.4) is 0 Å². The van der Waals surface area contributed by atoms with E-state index in [1.54, 1.807) is 26.2 Å². The molecule has 0 aliphatic rings. The highest BCUT2D eigenvalue weighted by atomic mass is 16.6. The van der Waals surface area contributed by atoms with E-state index in [1.165, 1.54) is 18.2 Å². The molecule has 1 N–H and O–H groups in total. The largest absolute Gasteiger partial charge is 0.497 e. The van der Waals surface area contributed by atoms with Crippen molar-refractivity contribution in [1.29, 1.82) is 0 Å². The summed E-state index contributed by atoms with van der Waals surface area (Å²) < 4.78 is 5.21. The Labute approximate surface area is 146 Å². The van der Waals surface area contributed by atoms with E-state index < -0.39 is 10.8 Å². The Morgan fingerprint density at radius 1 is 1.16 bits per heavy atom. The second-order valence-corrected chi connectivity index (χ2v) is 5.78. The Kier molecular flexibility index (Phi) is 5.54. The molecule has 6 nitrogen and oxygen atoms in total. The summed E-state index contributed by atoms with van der Waals surface area (Å²) in [6.07, 6.45) is 3.06. The van der Waals surface area contributed by atoms with Crippen molar-refractivity contribution in [3.63, 3.8) is 0 Å². The molecule has 0 atom stereocenters. The molecule has 2 aromatic carbocycles. The monoisotopic (exact) mass is 340 g/mol. The third-order valence-electron chi connectivity index (χ3n) is 3.81. The quantitative estimate of drug-likeness (QED) is 0.503. The third kappa shape index (κ3) is 4.44. The zero-order chi connectivity index (χ0) is 18.6. The maximum Gasteiger partial charge on any atom is 0.293 e. The van der Waals surface area contributed by atoms with Crippen LogP contribution in [-0.2, 0) is 4.79 Å². The molecule has 130 valence electrons. The molecule has 0 aliphatic carbocycles. The van der Waals surface area contributed by atoms with E-state index in [-0.39, 0.29) is 11.4 Å². The third-order valence-corrected chi connectivity index (χ3v) is 3.81. The second-order valence-electron chi connectivity index (χ2n) is 5.78. The molecular formula is C19H20N2O4. The summed E-state index contributed by atoms with van der Waals surface area (Å²) in [5.41, 5.74) is 3.66. The highest BCUT2D eigenvalue weighted by molar-refractivity contribution is 6.03. The SMILES string of the molecule is COc1cc(C)c(/C=C/C(=O)Nc2ccc(C)cc2[N+](=O)[O-])c(C)c1. The van der Waals surface area contributed by atoms with Crippen LogP contribution in [0.5, 0.6) is 5.75 Å². The van der Waals surface area contributed by atoms with Crippen molar-refractivity contribution in [2.24, 2.45) is 0 Å². The molecule has 2 rings (SSSR count). The number of nitrogens with one attached hydrogen (secondary N) is 1. The molecule has 0 heterocycles. The number of methoxy groups -OCH3 is 1. The van der Waals surface area contributed by atoms with E-state index in [0.717, 1.165) is 28.0 Å². The Balaban J connectivity index is 2.21. The molecule has 0 saturated heterocycles. The smallest absolute Gasteiger partial charge is 0.293 e. The fourth-order valence-electron chi connectivity index (χ4n) is 2.55. The Morgan fingerprint density at radius 3 is 2.36 bits per heavy atom. The molecule has 0 spiro atoms. The molecule has 0 fully saturated rings. The number of nitro benzene ring substituents is 1. The van der Waals surface area contributed by atoms with Crippen LogP contribution < -0.4 is 10.1 Å². The average Bonchev–Trinajstić information content (AvgIpc) is 2.55. The molecule has 6 heteroatoms. The lowest BCUT2D eigenvalue weighted by atomic mass is 10.0. The standard InChI is InChI=1S/C19H20N2O4/c1-12-5-7-17(18(9-12)21(23)24)20-19(22)8-6-16-13(2)10-15(25-4)11-14(16)3/h5-11H,1-4H3,(H,20,22)/b8-6+. The summed E-state index contributed by atoms with van der Waals surface area (Å²) in [5, 5.41) is 13.7. The Hall–Kier alpha value is -3.15. The first-order valence-corrected chi connectivity index (χ1v) is 7.71. The van der Waals surface area contributed by atoms with E-state index in [4.69, 9.17) is 4.74 Å². The van der Waals surface area contributed by atoms with Gasteiger partial charge in [0.25, 0.3) is 5.69 Å². The molecule has 1 amide bonds. The van der Waals surface area contributed by atoms with Gasteiger partial charge in [-0.3, -0.25) is 14.9 Å². The summed E-state index contributed by atoms with van der Waals surface area (Å²) in [4.78, 5) is 22.7. The fourth-order valence-corrected chi connectivity index (χ4v) is 2.55. The van der Waals surface area contributed by atoms with E-state index >= 15 is 0 Å². The summed E-state index contributed by atoms with van der Waals surface area (Å²) in [5.74, 6) is 0.327. The van der Waals surface area contributed by atoms with E-state index in [9.17, 15) is 14.9 Å². The van der Waals surface area contributed by atoms with Crippen molar-refractivity contribution in [1.82, 2.24) is 0 Å². The average molecular weight is 340 g/mol. The van der Waals surface area contributed by atoms with Crippen molar-refractivity contribution >= 4 is 23.4 Å². The number of carbonyl (C=O) groups excluding carboxylic acids is 1. The number of carbonyl (C=O) groups is 1. The van der Waals surface area contributed by atoms with Crippen LogP contribution in [0.1, 0.15) is 22.3 Å². The van der Waals surface area contributed by atoms with Crippen LogP contribution in [0.25, 0.3) is 6.08 Å². The number of rotatable bonds is 5. The molecule has 0 saturated carbocycles. The number of amides is 1. The number of benzene rings is 2. The van der Waals surface area contributed by atoms with Crippen molar-refractivity contribution in [2.75, 3.05) is 12.4 Å². The lowest BCUT2D eigenvalue weighted by molar-refractivity contribution is -0.384. The van der Waals surface area contributed by atoms with Gasteiger partial charge >= 0.3 is 0 Å². The zero-order valence-electron chi connectivity index (χ0n) is 14.6. The highest BCUT2D eigenvalue weighted by Gasteiger charge is 2.15. The fraction of sp³-hybridized carbons (Fsp3) is 0.211. The Morgan fingerprint density at radius 2 is 1.80 bits per heavy atom. The van der Waals surface area contributed by atoms with Crippen LogP contribution in [0, 0.1) is 30.9 Å². The normalized spacial score (nSPS) is 10.7. The lowest BCUT2D eigenvalue weighted by Crippen LogP contribution is -2.09. The second kappa shape index (κ2) is 7.61. The number of anilines is 1. The minimum Gasteiger partial charge on any atom is -0.497 e. The zero-order valence-corrected chi connectivity index (χ0v) is 14.6. The van der Waals surface area contributed by atoms with Crippen LogP contribution in [0.2, 0.25) is 0 Å². The van der Waals surface area contributed by atoms with Crippen molar-refractivity contribution in [3.8, 4) is 5.75 Å². The van der Waals surface area contributed by atoms with Crippen molar-refractivity contribution in [3.05, 3.63) is 68.8 Å². The van der Waals surface area contributed by atoms with Gasteiger partial charge in [-0.15, -0.1) is 0 Å². The van der Waals surface area contributed by atoms with Crippen molar-refractivity contribution in [2.45, 2.75) is 20.8 Å². The minimum atomic E-state index is -0.510. The van der Waals surface area contributed by atoms with E-state index in [1.807, 2.05) is 26.0 Å². The molecule has 0 radical (unpaired) electrons. The number of nitro groups is 1. The van der Waals surface area contributed by atoms with E-state index in [0.29, 0.717) is 0 Å². The van der Waals surface area contributed by atoms with Gasteiger partial charge in [-0.2, -0.15) is 0 Å². The first kappa shape index (κ1) is 18.2. The van der Waals surface area contributed by atoms with Gasteiger partial charge in [0.1, 0.15) is 11.4 Å². The Bertz CT molecular complexity index is 833. The first-order valence-electron chi connectivity index (χ1n) is 7.71. The van der Waals surface area contributed by atoms with Gasteiger partial charge in [-0.25, -0.2) is 0 Å². The molecule has 0 unspecified atom stereocenters. The summed E-state index contributed by atoms with van der Waals surface area (Å²) in [6.45, 7) is 5.61. The molecule has 2 aromatic rings. The van der Waals surface area contributed by atoms with Crippen LogP contribution in [0.4, 0.5) is 11.4 Å². The summed E-state index contributed by atoms with van der Waals surface area (Å²) >= 11 is 0. The van der Waals surface area contributed by atoms with Crippen molar-refractivity contribution < 1.29 is 14.5 Å². The van der Waals surface area contributed by atoms with E-state index in [2.05, 4.69) is 5.32 Å². The van der Waals surface area contributed by atoms with Crippen LogP contribution >= 0.6 is 0 Å². The van der Waals surface area contributed by atoms with Gasteiger partial charge < -0.3 is 10.1 Å². The van der Waals surface area contributed by atoms with Gasteiger partial charge in [0.15, 0.2) is 0 Å². The van der Waals surface area contributed by atoms with Gasteiger partial charge in [0.2, 0.25) is 5.91 Å². The first-order chi connectivity index (χ1) is 11.8. The molecule has 0 bridgehead atoms. The van der Waals surface area contributed by atoms with Crippen LogP contribution in [-0.4, -0.2) is 17.9 Å². The minimum absolute atomic E-state index is 0.126. The number of ether oxygens (including phenoxy) is 1. The topological polar surface area (TPSA) is 81.5 Å². The van der Waals surface area contributed by atoms with Gasteiger partial charge in [0, 0.05) is 12.1 Å². The lowest BCUT2D eigenvalue weighted by Gasteiger charge is -2.09. The molecule has 0 aromatic heterocycles. The summed E-state index contributed by atoms with van der Waals surface area (Å²) in [6, 6.07) is 8.44. The number of hydrogen-bond acceptors (Lipinski definition) is 4. The number of aryl methyl sites for hydroxylation is 3. The maximum atomic E-state index is 12.1. The molecule has 0 aliphatic heterocycles. The maximum absolute atomic E-state index is 12.1. The predicted octanol–water partition coefficient (Wildman–Crippen LogP) is 4.18. The van der Waals surface area contributed by atoms with Gasteiger partial charge in [-0.05, 0) is 67.3 Å².